The van der Waals surface area contributed by atoms with Crippen LogP contribution in [0.25, 0.3) is 0 Å². The van der Waals surface area contributed by atoms with Crippen LogP contribution in [0.1, 0.15) is 13.8 Å². The minimum Gasteiger partial charge on any atom is -0.278 e. The van der Waals surface area contributed by atoms with E-state index in [1.807, 2.05) is 74.5 Å². The zero-order valence-electron chi connectivity index (χ0n) is 11.7. The molecule has 4 heteroatoms. The van der Waals surface area contributed by atoms with Crippen molar-refractivity contribution in [2.24, 2.45) is 10.2 Å². The van der Waals surface area contributed by atoms with Gasteiger partial charge in [0.2, 0.25) is 0 Å². The number of benzene rings is 2. The third-order valence-corrected chi connectivity index (χ3v) is 2.78. The van der Waals surface area contributed by atoms with E-state index in [0.717, 1.165) is 22.8 Å². The standard InChI is InChI=1S/C16H18N4/c1-13(17-19-15-9-5-3-6-10-15)14(2)18-20-16-11-7-4-8-12-16/h3-12,19-20H,1-2H3/b17-13-,18-14-. The van der Waals surface area contributed by atoms with Crippen LogP contribution < -0.4 is 10.9 Å². The highest BCUT2D eigenvalue weighted by Crippen LogP contribution is 2.06. The van der Waals surface area contributed by atoms with Crippen LogP contribution in [0.4, 0.5) is 11.4 Å². The first-order valence-corrected chi connectivity index (χ1v) is 6.47. The fourth-order valence-electron chi connectivity index (χ4n) is 1.48. The Hall–Kier alpha value is -2.62. The second-order valence-corrected chi connectivity index (χ2v) is 4.35. The van der Waals surface area contributed by atoms with Crippen molar-refractivity contribution in [1.29, 1.82) is 0 Å². The highest BCUT2D eigenvalue weighted by atomic mass is 15.3. The van der Waals surface area contributed by atoms with E-state index in [1.54, 1.807) is 0 Å². The van der Waals surface area contributed by atoms with Gasteiger partial charge in [-0.25, -0.2) is 0 Å². The minimum atomic E-state index is 0.831. The van der Waals surface area contributed by atoms with E-state index in [9.17, 15) is 0 Å². The minimum absolute atomic E-state index is 0.831. The molecular weight excluding hydrogens is 248 g/mol. The molecule has 0 aliphatic heterocycles. The van der Waals surface area contributed by atoms with Crippen molar-refractivity contribution >= 4 is 22.8 Å². The van der Waals surface area contributed by atoms with Gasteiger partial charge in [0.15, 0.2) is 0 Å². The Morgan fingerprint density at radius 1 is 0.650 bits per heavy atom. The van der Waals surface area contributed by atoms with E-state index in [4.69, 9.17) is 0 Å². The molecular formula is C16H18N4. The van der Waals surface area contributed by atoms with Crippen molar-refractivity contribution in [3.05, 3.63) is 60.7 Å². The van der Waals surface area contributed by atoms with Crippen molar-refractivity contribution in [1.82, 2.24) is 0 Å². The van der Waals surface area contributed by atoms with Crippen molar-refractivity contribution in [2.45, 2.75) is 13.8 Å². The maximum absolute atomic E-state index is 4.30. The second-order valence-electron chi connectivity index (χ2n) is 4.35. The van der Waals surface area contributed by atoms with Gasteiger partial charge in [0, 0.05) is 0 Å². The largest absolute Gasteiger partial charge is 0.278 e. The lowest BCUT2D eigenvalue weighted by Gasteiger charge is -2.04. The molecule has 2 aromatic rings. The zero-order valence-corrected chi connectivity index (χ0v) is 11.7. The molecule has 2 rings (SSSR count). The predicted molar refractivity (Wildman–Crippen MR) is 86.3 cm³/mol. The lowest BCUT2D eigenvalue weighted by atomic mass is 10.3. The van der Waals surface area contributed by atoms with Crippen LogP contribution in [0, 0.1) is 0 Å². The van der Waals surface area contributed by atoms with Crippen LogP contribution in [0.2, 0.25) is 0 Å². The normalized spacial score (nSPS) is 12.1. The predicted octanol–water partition coefficient (Wildman–Crippen LogP) is 3.96. The van der Waals surface area contributed by atoms with Gasteiger partial charge in [0.1, 0.15) is 0 Å². The summed E-state index contributed by atoms with van der Waals surface area (Å²) < 4.78 is 0. The van der Waals surface area contributed by atoms with E-state index in [2.05, 4.69) is 21.1 Å². The summed E-state index contributed by atoms with van der Waals surface area (Å²) in [6, 6.07) is 19.6. The molecule has 2 N–H and O–H groups in total. The third-order valence-electron chi connectivity index (χ3n) is 2.78. The molecule has 0 saturated heterocycles. The molecule has 0 aromatic heterocycles. The molecule has 0 radical (unpaired) electrons. The number of hydrazone groups is 2. The van der Waals surface area contributed by atoms with Gasteiger partial charge in [-0.15, -0.1) is 0 Å². The maximum atomic E-state index is 4.30. The number of rotatable bonds is 5. The Bertz CT molecular complexity index is 533. The maximum Gasteiger partial charge on any atom is 0.0805 e. The van der Waals surface area contributed by atoms with Crippen LogP contribution in [0.3, 0.4) is 0 Å². The summed E-state index contributed by atoms with van der Waals surface area (Å²) in [5, 5.41) is 8.60. The fourth-order valence-corrected chi connectivity index (χ4v) is 1.48. The molecule has 0 aliphatic rings. The monoisotopic (exact) mass is 266 g/mol. The number of anilines is 2. The van der Waals surface area contributed by atoms with E-state index >= 15 is 0 Å². The van der Waals surface area contributed by atoms with Crippen molar-refractivity contribution < 1.29 is 0 Å². The van der Waals surface area contributed by atoms with E-state index in [0.29, 0.717) is 0 Å². The Morgan fingerprint density at radius 3 is 1.35 bits per heavy atom. The van der Waals surface area contributed by atoms with Gasteiger partial charge in [-0.3, -0.25) is 10.9 Å². The van der Waals surface area contributed by atoms with Crippen molar-refractivity contribution in [3.63, 3.8) is 0 Å². The summed E-state index contributed by atoms with van der Waals surface area (Å²) in [6.45, 7) is 3.84. The Balaban J connectivity index is 1.95. The molecule has 20 heavy (non-hydrogen) atoms. The van der Waals surface area contributed by atoms with E-state index < -0.39 is 0 Å². The molecule has 4 nitrogen and oxygen atoms in total. The third kappa shape index (κ3) is 4.24. The molecule has 0 unspecified atom stereocenters. The molecule has 0 atom stereocenters. The number of hydrogen-bond acceptors (Lipinski definition) is 4. The molecule has 0 bridgehead atoms. The average Bonchev–Trinajstić information content (AvgIpc) is 2.52. The highest BCUT2D eigenvalue weighted by Gasteiger charge is 1.97. The van der Waals surface area contributed by atoms with Crippen molar-refractivity contribution in [2.75, 3.05) is 10.9 Å². The van der Waals surface area contributed by atoms with Gasteiger partial charge in [-0.2, -0.15) is 10.2 Å². The summed E-state index contributed by atoms with van der Waals surface area (Å²) in [5.41, 5.74) is 9.58. The zero-order chi connectivity index (χ0) is 14.2. The van der Waals surface area contributed by atoms with Gasteiger partial charge in [-0.05, 0) is 38.1 Å². The Morgan fingerprint density at radius 2 is 1.00 bits per heavy atom. The Kier molecular flexibility index (Phi) is 4.89. The van der Waals surface area contributed by atoms with Gasteiger partial charge in [0.25, 0.3) is 0 Å². The number of hydrogen-bond donors (Lipinski definition) is 2. The first-order chi connectivity index (χ1) is 9.75. The van der Waals surface area contributed by atoms with Gasteiger partial charge < -0.3 is 0 Å². The highest BCUT2D eigenvalue weighted by molar-refractivity contribution is 6.40. The molecule has 2 aromatic carbocycles. The first kappa shape index (κ1) is 13.8. The summed E-state index contributed by atoms with van der Waals surface area (Å²) in [4.78, 5) is 0. The van der Waals surface area contributed by atoms with Gasteiger partial charge in [0.05, 0.1) is 22.8 Å². The molecule has 0 saturated carbocycles. The number of nitrogens with zero attached hydrogens (tertiary/aromatic N) is 2. The number of para-hydroxylation sites is 2. The van der Waals surface area contributed by atoms with Crippen LogP contribution in [0.5, 0.6) is 0 Å². The smallest absolute Gasteiger partial charge is 0.0805 e. The topological polar surface area (TPSA) is 48.8 Å². The quantitative estimate of drug-likeness (QED) is 0.635. The first-order valence-electron chi connectivity index (χ1n) is 6.47. The SMILES string of the molecule is CC(=N/Nc1ccccc1)/C(C)=N\Nc1ccccc1. The van der Waals surface area contributed by atoms with Crippen LogP contribution in [0.15, 0.2) is 70.9 Å². The number of nitrogens with one attached hydrogen (secondary N) is 2. The Labute approximate surface area is 119 Å². The fraction of sp³-hybridized carbons (Fsp3) is 0.125. The van der Waals surface area contributed by atoms with Crippen LogP contribution >= 0.6 is 0 Å². The molecule has 0 fully saturated rings. The molecule has 0 amide bonds. The lowest BCUT2D eigenvalue weighted by Crippen LogP contribution is -2.10. The lowest BCUT2D eigenvalue weighted by molar-refractivity contribution is 1.31. The summed E-state index contributed by atoms with van der Waals surface area (Å²) >= 11 is 0. The molecule has 0 heterocycles. The van der Waals surface area contributed by atoms with Gasteiger partial charge >= 0.3 is 0 Å². The second kappa shape index (κ2) is 7.09. The molecule has 102 valence electrons. The van der Waals surface area contributed by atoms with Gasteiger partial charge in [-0.1, -0.05) is 36.4 Å². The van der Waals surface area contributed by atoms with Crippen molar-refractivity contribution in [3.8, 4) is 0 Å². The summed E-state index contributed by atoms with van der Waals surface area (Å²) in [5.74, 6) is 0. The van der Waals surface area contributed by atoms with E-state index in [-0.39, 0.29) is 0 Å². The van der Waals surface area contributed by atoms with E-state index in [1.165, 1.54) is 0 Å². The average molecular weight is 266 g/mol. The summed E-state index contributed by atoms with van der Waals surface area (Å²) in [7, 11) is 0. The molecule has 0 spiro atoms. The summed E-state index contributed by atoms with van der Waals surface area (Å²) in [6.07, 6.45) is 0. The van der Waals surface area contributed by atoms with Crippen LogP contribution in [-0.2, 0) is 0 Å². The molecule has 0 aliphatic carbocycles. The van der Waals surface area contributed by atoms with Crippen LogP contribution in [-0.4, -0.2) is 11.4 Å².